The van der Waals surface area contributed by atoms with Crippen LogP contribution < -0.4 is 15.4 Å². The first-order chi connectivity index (χ1) is 12.7. The first-order valence-corrected chi connectivity index (χ1v) is 9.22. The van der Waals surface area contributed by atoms with Gasteiger partial charge in [-0.25, -0.2) is 0 Å². The Balaban J connectivity index is 1.70. The van der Waals surface area contributed by atoms with Gasteiger partial charge >= 0.3 is 0 Å². The van der Waals surface area contributed by atoms with Crippen LogP contribution in [0.3, 0.4) is 0 Å². The maximum atomic E-state index is 13.2. The molecule has 2 aromatic carbocycles. The van der Waals surface area contributed by atoms with Gasteiger partial charge in [-0.1, -0.05) is 24.3 Å². The van der Waals surface area contributed by atoms with Crippen molar-refractivity contribution in [3.8, 4) is 5.75 Å². The summed E-state index contributed by atoms with van der Waals surface area (Å²) in [5, 5.41) is 0. The van der Waals surface area contributed by atoms with Crippen LogP contribution in [0, 0.1) is 0 Å². The molecule has 0 aliphatic carbocycles. The van der Waals surface area contributed by atoms with Crippen molar-refractivity contribution in [3.63, 3.8) is 0 Å². The van der Waals surface area contributed by atoms with Crippen LogP contribution in [0.4, 0.5) is 11.4 Å². The molecule has 0 saturated carbocycles. The van der Waals surface area contributed by atoms with E-state index in [1.165, 1.54) is 0 Å². The van der Waals surface area contributed by atoms with Crippen molar-refractivity contribution in [2.75, 3.05) is 30.4 Å². The summed E-state index contributed by atoms with van der Waals surface area (Å²) in [5.74, 6) is 0.763. The van der Waals surface area contributed by atoms with Crippen LogP contribution in [0.5, 0.6) is 5.75 Å². The fourth-order valence-electron chi connectivity index (χ4n) is 3.69. The molecule has 0 spiro atoms. The summed E-state index contributed by atoms with van der Waals surface area (Å²) in [4.78, 5) is 15.1. The zero-order valence-corrected chi connectivity index (χ0v) is 14.8. The summed E-state index contributed by atoms with van der Waals surface area (Å²) < 4.78 is 11.7. The topological polar surface area (TPSA) is 64.8 Å². The van der Waals surface area contributed by atoms with Gasteiger partial charge < -0.3 is 20.1 Å². The number of benzene rings is 2. The van der Waals surface area contributed by atoms with Crippen LogP contribution in [0.1, 0.15) is 24.0 Å². The van der Waals surface area contributed by atoms with Crippen molar-refractivity contribution in [3.05, 3.63) is 53.6 Å². The van der Waals surface area contributed by atoms with Crippen molar-refractivity contribution >= 4 is 17.3 Å². The Labute approximate surface area is 153 Å². The molecule has 1 amide bonds. The Morgan fingerprint density at radius 3 is 2.85 bits per heavy atom. The summed E-state index contributed by atoms with van der Waals surface area (Å²) >= 11 is 0. The second-order valence-corrected chi connectivity index (χ2v) is 6.91. The number of fused-ring (bicyclic) bond motifs is 2. The fraction of sp³-hybridized carbons (Fsp3) is 0.381. The third-order valence-corrected chi connectivity index (χ3v) is 5.06. The Bertz CT molecular complexity index is 800. The van der Waals surface area contributed by atoms with Crippen molar-refractivity contribution < 1.29 is 14.3 Å². The van der Waals surface area contributed by atoms with Gasteiger partial charge in [-0.3, -0.25) is 4.79 Å². The number of ether oxygens (including phenoxy) is 2. The Morgan fingerprint density at radius 1 is 1.12 bits per heavy atom. The lowest BCUT2D eigenvalue weighted by molar-refractivity contribution is -0.118. The van der Waals surface area contributed by atoms with Crippen LogP contribution in [0.25, 0.3) is 0 Å². The van der Waals surface area contributed by atoms with Crippen LogP contribution in [0.2, 0.25) is 0 Å². The molecule has 0 bridgehead atoms. The molecule has 26 heavy (non-hydrogen) atoms. The van der Waals surface area contributed by atoms with E-state index in [1.54, 1.807) is 6.07 Å². The third kappa shape index (κ3) is 3.53. The number of carbonyl (C=O) groups excluding carboxylic acids is 1. The largest absolute Gasteiger partial charge is 0.493 e. The minimum Gasteiger partial charge on any atom is -0.493 e. The van der Waals surface area contributed by atoms with Crippen molar-refractivity contribution in [1.29, 1.82) is 0 Å². The van der Waals surface area contributed by atoms with Gasteiger partial charge in [0.15, 0.2) is 0 Å². The van der Waals surface area contributed by atoms with Crippen LogP contribution in [-0.2, 0) is 22.4 Å². The molecule has 2 aromatic rings. The van der Waals surface area contributed by atoms with Crippen LogP contribution in [-0.4, -0.2) is 31.8 Å². The van der Waals surface area contributed by atoms with Crippen molar-refractivity contribution in [2.45, 2.75) is 31.8 Å². The molecule has 1 saturated heterocycles. The van der Waals surface area contributed by atoms with Gasteiger partial charge in [0, 0.05) is 36.0 Å². The second kappa shape index (κ2) is 7.38. The highest BCUT2D eigenvalue weighted by Crippen LogP contribution is 2.29. The minimum absolute atomic E-state index is 0.0597. The molecule has 4 rings (SSSR count). The predicted molar refractivity (Wildman–Crippen MR) is 102 cm³/mol. The minimum atomic E-state index is 0.0597. The summed E-state index contributed by atoms with van der Waals surface area (Å²) in [7, 11) is 0. The second-order valence-electron chi connectivity index (χ2n) is 6.91. The number of para-hydroxylation sites is 1. The third-order valence-electron chi connectivity index (χ3n) is 5.06. The van der Waals surface area contributed by atoms with E-state index in [1.807, 2.05) is 35.2 Å². The van der Waals surface area contributed by atoms with Crippen LogP contribution in [0.15, 0.2) is 42.5 Å². The maximum absolute atomic E-state index is 13.2. The zero-order valence-electron chi connectivity index (χ0n) is 14.8. The van der Waals surface area contributed by atoms with E-state index in [-0.39, 0.29) is 18.4 Å². The molecule has 1 fully saturated rings. The molecule has 2 aliphatic rings. The maximum Gasteiger partial charge on any atom is 0.231 e. The van der Waals surface area contributed by atoms with Gasteiger partial charge in [0.1, 0.15) is 5.75 Å². The Morgan fingerprint density at radius 2 is 2.00 bits per heavy atom. The van der Waals surface area contributed by atoms with Gasteiger partial charge in [-0.15, -0.1) is 0 Å². The molecule has 1 unspecified atom stereocenters. The molecule has 0 aromatic heterocycles. The number of nitrogens with zero attached hydrogens (tertiary/aromatic N) is 1. The number of nitrogens with two attached hydrogens (primary N) is 1. The van der Waals surface area contributed by atoms with E-state index in [4.69, 9.17) is 15.2 Å². The average molecular weight is 352 g/mol. The summed E-state index contributed by atoms with van der Waals surface area (Å²) in [6, 6.07) is 13.6. The van der Waals surface area contributed by atoms with E-state index in [0.717, 1.165) is 42.7 Å². The number of hydrogen-bond acceptors (Lipinski definition) is 4. The highest BCUT2D eigenvalue weighted by Gasteiger charge is 2.26. The van der Waals surface area contributed by atoms with Gasteiger partial charge in [0.25, 0.3) is 0 Å². The first-order valence-electron chi connectivity index (χ1n) is 9.22. The molecule has 136 valence electrons. The van der Waals surface area contributed by atoms with Gasteiger partial charge in [0.05, 0.1) is 25.7 Å². The predicted octanol–water partition coefficient (Wildman–Crippen LogP) is 2.96. The number of carbonyl (C=O) groups is 1. The van der Waals surface area contributed by atoms with Crippen molar-refractivity contribution in [1.82, 2.24) is 0 Å². The molecular weight excluding hydrogens is 328 g/mol. The normalized spacial score (nSPS) is 20.2. The Hall–Kier alpha value is -2.53. The van der Waals surface area contributed by atoms with E-state index < -0.39 is 0 Å². The summed E-state index contributed by atoms with van der Waals surface area (Å²) in [6.45, 7) is 1.93. The smallest absolute Gasteiger partial charge is 0.231 e. The number of amides is 1. The Kier molecular flexibility index (Phi) is 4.80. The SMILES string of the molecule is Nc1ccc2c(c1)OCCc1ccccc1N(CC1CCCO1)C(=O)C2. The van der Waals surface area contributed by atoms with E-state index in [0.29, 0.717) is 24.6 Å². The number of rotatable bonds is 2. The van der Waals surface area contributed by atoms with E-state index in [9.17, 15) is 4.79 Å². The first kappa shape index (κ1) is 16.9. The summed E-state index contributed by atoms with van der Waals surface area (Å²) in [6.07, 6.45) is 3.19. The molecular formula is C21H24N2O3. The lowest BCUT2D eigenvalue weighted by Crippen LogP contribution is -2.39. The van der Waals surface area contributed by atoms with E-state index >= 15 is 0 Å². The average Bonchev–Trinajstić information content (AvgIpc) is 3.15. The molecule has 5 nitrogen and oxygen atoms in total. The monoisotopic (exact) mass is 352 g/mol. The summed E-state index contributed by atoms with van der Waals surface area (Å²) in [5.41, 5.74) is 9.50. The van der Waals surface area contributed by atoms with Gasteiger partial charge in [-0.05, 0) is 30.5 Å². The molecule has 0 radical (unpaired) electrons. The molecule has 2 aliphatic heterocycles. The highest BCUT2D eigenvalue weighted by molar-refractivity contribution is 5.96. The van der Waals surface area contributed by atoms with Gasteiger partial charge in [0.2, 0.25) is 5.91 Å². The molecule has 5 heteroatoms. The lowest BCUT2D eigenvalue weighted by atomic mass is 10.0. The van der Waals surface area contributed by atoms with Gasteiger partial charge in [-0.2, -0.15) is 0 Å². The quantitative estimate of drug-likeness (QED) is 0.844. The molecule has 1 atom stereocenters. The molecule has 2 heterocycles. The number of anilines is 2. The van der Waals surface area contributed by atoms with E-state index in [2.05, 4.69) is 6.07 Å². The highest BCUT2D eigenvalue weighted by atomic mass is 16.5. The zero-order chi connectivity index (χ0) is 17.9. The standard InChI is InChI=1S/C21H24N2O3/c22-17-8-7-16-12-21(24)23(14-18-5-3-10-25-18)19-6-2-1-4-15(19)9-11-26-20(16)13-17/h1-2,4,6-8,13,18H,3,5,9-12,14,22H2. The lowest BCUT2D eigenvalue weighted by Gasteiger charge is -2.29. The van der Waals surface area contributed by atoms with Crippen molar-refractivity contribution in [2.24, 2.45) is 0 Å². The molecule has 2 N–H and O–H groups in total. The van der Waals surface area contributed by atoms with Crippen LogP contribution >= 0.6 is 0 Å². The number of hydrogen-bond donors (Lipinski definition) is 1. The fourth-order valence-corrected chi connectivity index (χ4v) is 3.69. The number of nitrogen functional groups attached to an aromatic ring is 1.